The lowest BCUT2D eigenvalue weighted by molar-refractivity contribution is -0.860. The monoisotopic (exact) mass is 191 g/mol. The number of quaternary nitrogens is 1. The summed E-state index contributed by atoms with van der Waals surface area (Å²) < 4.78 is 0. The summed E-state index contributed by atoms with van der Waals surface area (Å²) in [6.07, 6.45) is 4.34. The minimum absolute atomic E-state index is 0. The van der Waals surface area contributed by atoms with E-state index < -0.39 is 0 Å². The Morgan fingerprint density at radius 1 is 1.42 bits per heavy atom. The first-order valence-corrected chi connectivity index (χ1v) is 4.52. The normalized spacial score (nSPS) is 23.9. The first kappa shape index (κ1) is 11.9. The van der Waals surface area contributed by atoms with Crippen LogP contribution in [0.5, 0.6) is 0 Å². The molecule has 0 saturated heterocycles. The molecule has 0 heterocycles. The third-order valence-corrected chi connectivity index (χ3v) is 2.34. The van der Waals surface area contributed by atoms with E-state index in [2.05, 4.69) is 14.1 Å². The number of hydrogen-bond acceptors (Lipinski definition) is 1. The van der Waals surface area contributed by atoms with Crippen LogP contribution < -0.4 is 17.3 Å². The van der Waals surface area contributed by atoms with Crippen molar-refractivity contribution in [1.82, 2.24) is 0 Å². The molecule has 1 saturated carbocycles. The maximum atomic E-state index is 11.3. The average Bonchev–Trinajstić information content (AvgIpc) is 1.93. The van der Waals surface area contributed by atoms with Crippen molar-refractivity contribution >= 4 is 5.78 Å². The van der Waals surface area contributed by atoms with Crippen LogP contribution >= 0.6 is 0 Å². The highest BCUT2D eigenvalue weighted by atomic mass is 35.5. The number of carbonyl (C=O) groups excluding carboxylic acids is 1. The summed E-state index contributed by atoms with van der Waals surface area (Å²) in [5.41, 5.74) is 0. The van der Waals surface area contributed by atoms with Crippen molar-refractivity contribution in [3.8, 4) is 0 Å². The fraction of sp³-hybridized carbons (Fsp3) is 0.889. The maximum absolute atomic E-state index is 11.3. The molecule has 72 valence electrons. The smallest absolute Gasteiger partial charge is 0.141 e. The van der Waals surface area contributed by atoms with Gasteiger partial charge < -0.3 is 17.3 Å². The van der Waals surface area contributed by atoms with Crippen LogP contribution in [-0.4, -0.2) is 26.4 Å². The summed E-state index contributed by atoms with van der Waals surface area (Å²) in [5, 5.41) is 0. The van der Waals surface area contributed by atoms with Gasteiger partial charge >= 0.3 is 0 Å². The molecule has 1 unspecified atom stereocenters. The first-order chi connectivity index (χ1) is 5.20. The van der Waals surface area contributed by atoms with Crippen LogP contribution in [0.25, 0.3) is 0 Å². The molecule has 1 atom stereocenters. The molecule has 0 aromatic heterocycles. The second-order valence-corrected chi connectivity index (χ2v) is 3.82. The van der Waals surface area contributed by atoms with Gasteiger partial charge in [0.25, 0.3) is 0 Å². The number of ketones is 1. The molecule has 1 aliphatic carbocycles. The van der Waals surface area contributed by atoms with Crippen molar-refractivity contribution in [2.45, 2.75) is 25.7 Å². The van der Waals surface area contributed by atoms with Gasteiger partial charge in [-0.2, -0.15) is 0 Å². The highest BCUT2D eigenvalue weighted by Crippen LogP contribution is 2.18. The largest absolute Gasteiger partial charge is 1.00 e. The van der Waals surface area contributed by atoms with Gasteiger partial charge in [0.05, 0.1) is 26.6 Å². The van der Waals surface area contributed by atoms with E-state index in [-0.39, 0.29) is 12.4 Å². The molecule has 0 radical (unpaired) electrons. The van der Waals surface area contributed by atoms with Crippen molar-refractivity contribution in [3.05, 3.63) is 0 Å². The zero-order chi connectivity index (χ0) is 8.27. The molecule has 1 aliphatic rings. The van der Waals surface area contributed by atoms with Crippen LogP contribution in [-0.2, 0) is 4.79 Å². The Morgan fingerprint density at radius 2 is 2.08 bits per heavy atom. The molecule has 0 aliphatic heterocycles. The highest BCUT2D eigenvalue weighted by molar-refractivity contribution is 5.81. The third-order valence-electron chi connectivity index (χ3n) is 2.34. The molecule has 1 N–H and O–H groups in total. The van der Waals surface area contributed by atoms with E-state index in [0.717, 1.165) is 25.8 Å². The summed E-state index contributed by atoms with van der Waals surface area (Å²) in [7, 11) is 4.23. The van der Waals surface area contributed by atoms with E-state index in [1.165, 1.54) is 11.3 Å². The number of carbonyl (C=O) groups is 1. The maximum Gasteiger partial charge on any atom is 0.141 e. The van der Waals surface area contributed by atoms with Crippen LogP contribution in [0.2, 0.25) is 0 Å². The fourth-order valence-corrected chi connectivity index (χ4v) is 1.76. The molecule has 0 aromatic carbocycles. The quantitative estimate of drug-likeness (QED) is 0.491. The van der Waals surface area contributed by atoms with Crippen LogP contribution in [0.15, 0.2) is 0 Å². The Morgan fingerprint density at radius 3 is 2.58 bits per heavy atom. The van der Waals surface area contributed by atoms with E-state index >= 15 is 0 Å². The minimum Gasteiger partial charge on any atom is -1.00 e. The molecule has 1 fully saturated rings. The third kappa shape index (κ3) is 3.55. The average molecular weight is 192 g/mol. The highest BCUT2D eigenvalue weighted by Gasteiger charge is 2.23. The van der Waals surface area contributed by atoms with Crippen molar-refractivity contribution in [2.24, 2.45) is 5.92 Å². The Bertz CT molecular complexity index is 147. The zero-order valence-electron chi connectivity index (χ0n) is 7.90. The van der Waals surface area contributed by atoms with Crippen LogP contribution in [0, 0.1) is 5.92 Å². The number of Topliss-reactive ketones (excluding diaryl/α,β-unsaturated/α-hetero) is 1. The van der Waals surface area contributed by atoms with Crippen molar-refractivity contribution in [3.63, 3.8) is 0 Å². The first-order valence-electron chi connectivity index (χ1n) is 4.52. The van der Waals surface area contributed by atoms with Gasteiger partial charge in [0.2, 0.25) is 0 Å². The molecular weight excluding hydrogens is 174 g/mol. The second kappa shape index (κ2) is 5.55. The summed E-state index contributed by atoms with van der Waals surface area (Å²) in [4.78, 5) is 12.7. The zero-order valence-corrected chi connectivity index (χ0v) is 8.66. The lowest BCUT2D eigenvalue weighted by atomic mass is 9.88. The van der Waals surface area contributed by atoms with Crippen LogP contribution in [0.4, 0.5) is 0 Å². The standard InChI is InChI=1S/C9H17NO.ClH/c1-10(2)7-8-5-3-4-6-9(8)11;/h8H,3-7H2,1-2H3;1H. The Balaban J connectivity index is 0.00000121. The molecule has 0 spiro atoms. The second-order valence-electron chi connectivity index (χ2n) is 3.82. The van der Waals surface area contributed by atoms with E-state index in [1.54, 1.807) is 0 Å². The summed E-state index contributed by atoms with van der Waals surface area (Å²) in [6.45, 7) is 1.03. The molecule has 1 rings (SSSR count). The lowest BCUT2D eigenvalue weighted by Gasteiger charge is -2.21. The molecule has 12 heavy (non-hydrogen) atoms. The SMILES string of the molecule is C[NH+](C)CC1CCCCC1=O.[Cl-]. The minimum atomic E-state index is 0. The van der Waals surface area contributed by atoms with Gasteiger partial charge in [-0.1, -0.05) is 6.42 Å². The van der Waals surface area contributed by atoms with Gasteiger partial charge in [-0.15, -0.1) is 0 Å². The topological polar surface area (TPSA) is 21.5 Å². The number of nitrogens with one attached hydrogen (secondary N) is 1. The van der Waals surface area contributed by atoms with Gasteiger partial charge in [0.1, 0.15) is 5.78 Å². The predicted molar refractivity (Wildman–Crippen MR) is 44.6 cm³/mol. The van der Waals surface area contributed by atoms with E-state index in [9.17, 15) is 4.79 Å². The molecule has 0 bridgehead atoms. The number of hydrogen-bond donors (Lipinski definition) is 1. The molecular formula is C9H18ClNO. The molecule has 2 nitrogen and oxygen atoms in total. The van der Waals surface area contributed by atoms with Crippen LogP contribution in [0.1, 0.15) is 25.7 Å². The van der Waals surface area contributed by atoms with Gasteiger partial charge in [-0.25, -0.2) is 0 Å². The summed E-state index contributed by atoms with van der Waals surface area (Å²) in [5.74, 6) is 0.867. The van der Waals surface area contributed by atoms with Gasteiger partial charge in [0.15, 0.2) is 0 Å². The van der Waals surface area contributed by atoms with Gasteiger partial charge in [0, 0.05) is 6.42 Å². The Labute approximate surface area is 80.7 Å². The summed E-state index contributed by atoms with van der Waals surface area (Å²) >= 11 is 0. The van der Waals surface area contributed by atoms with E-state index in [0.29, 0.717) is 11.7 Å². The van der Waals surface area contributed by atoms with Gasteiger partial charge in [-0.05, 0) is 12.8 Å². The van der Waals surface area contributed by atoms with Crippen molar-refractivity contribution < 1.29 is 22.1 Å². The molecule has 0 aromatic rings. The Hall–Kier alpha value is -0.0800. The fourth-order valence-electron chi connectivity index (χ4n) is 1.76. The van der Waals surface area contributed by atoms with E-state index in [1.807, 2.05) is 0 Å². The lowest BCUT2D eigenvalue weighted by Crippen LogP contribution is -3.06. The van der Waals surface area contributed by atoms with E-state index in [4.69, 9.17) is 0 Å². The Kier molecular flexibility index (Phi) is 5.51. The molecule has 3 heteroatoms. The van der Waals surface area contributed by atoms with Crippen molar-refractivity contribution in [1.29, 1.82) is 0 Å². The van der Waals surface area contributed by atoms with Crippen LogP contribution in [0.3, 0.4) is 0 Å². The predicted octanol–water partition coefficient (Wildman–Crippen LogP) is -3.11. The van der Waals surface area contributed by atoms with Gasteiger partial charge in [-0.3, -0.25) is 4.79 Å². The van der Waals surface area contributed by atoms with Crippen molar-refractivity contribution in [2.75, 3.05) is 20.6 Å². The number of halogens is 1. The number of rotatable bonds is 2. The molecule has 0 amide bonds. The summed E-state index contributed by atoms with van der Waals surface area (Å²) in [6, 6.07) is 0.